The molecule has 0 saturated heterocycles. The van der Waals surface area contributed by atoms with Crippen LogP contribution in [0.3, 0.4) is 0 Å². The number of aromatic nitrogens is 1. The first-order valence-corrected chi connectivity index (χ1v) is 5.20. The summed E-state index contributed by atoms with van der Waals surface area (Å²) in [6.07, 6.45) is 1.76. The molecule has 1 aromatic heterocycles. The van der Waals surface area contributed by atoms with E-state index >= 15 is 0 Å². The van der Waals surface area contributed by atoms with Crippen molar-refractivity contribution in [3.8, 4) is 0 Å². The molecule has 0 saturated carbocycles. The molecule has 3 nitrogen and oxygen atoms in total. The number of ether oxygens (including phenoxy) is 1. The Hall–Kier alpha value is -2.10. The molecule has 0 bridgehead atoms. The van der Waals surface area contributed by atoms with E-state index in [9.17, 15) is 9.18 Å². The third-order valence-corrected chi connectivity index (χ3v) is 2.41. The highest BCUT2D eigenvalue weighted by molar-refractivity contribution is 5.87. The fourth-order valence-electron chi connectivity index (χ4n) is 1.52. The zero-order chi connectivity index (χ0) is 12.3. The molecule has 2 aromatic rings. The molecule has 1 aromatic carbocycles. The van der Waals surface area contributed by atoms with E-state index < -0.39 is 5.97 Å². The molecule has 0 fully saturated rings. The predicted molar refractivity (Wildman–Crippen MR) is 60.9 cm³/mol. The molecule has 17 heavy (non-hydrogen) atoms. The van der Waals surface area contributed by atoms with Crippen LogP contribution in [0.1, 0.15) is 16.1 Å². The minimum absolute atomic E-state index is 0.0712. The van der Waals surface area contributed by atoms with E-state index in [-0.39, 0.29) is 12.4 Å². The Bertz CT molecular complexity index is 534. The number of nitrogens with zero attached hydrogens (tertiary/aromatic N) is 1. The maximum Gasteiger partial charge on any atom is 0.355 e. The lowest BCUT2D eigenvalue weighted by Gasteiger charge is -2.05. The molecule has 0 aliphatic carbocycles. The smallest absolute Gasteiger partial charge is 0.355 e. The van der Waals surface area contributed by atoms with E-state index in [1.165, 1.54) is 12.1 Å². The molecule has 0 aliphatic rings. The summed E-state index contributed by atoms with van der Waals surface area (Å²) in [5.74, 6) is -0.751. The van der Waals surface area contributed by atoms with Gasteiger partial charge in [-0.15, -0.1) is 0 Å². The number of benzene rings is 1. The van der Waals surface area contributed by atoms with Gasteiger partial charge in [0, 0.05) is 13.2 Å². The van der Waals surface area contributed by atoms with Crippen LogP contribution in [0, 0.1) is 5.82 Å². The quantitative estimate of drug-likeness (QED) is 0.763. The third kappa shape index (κ3) is 2.72. The molecule has 0 atom stereocenters. The Morgan fingerprint density at radius 1 is 1.35 bits per heavy atom. The van der Waals surface area contributed by atoms with Crippen LogP contribution in [0.15, 0.2) is 42.6 Å². The summed E-state index contributed by atoms with van der Waals surface area (Å²) in [6.45, 7) is 0.0712. The van der Waals surface area contributed by atoms with Gasteiger partial charge in [0.25, 0.3) is 0 Å². The largest absolute Gasteiger partial charge is 0.456 e. The van der Waals surface area contributed by atoms with Gasteiger partial charge in [0.2, 0.25) is 0 Å². The van der Waals surface area contributed by atoms with Gasteiger partial charge in [0.15, 0.2) is 0 Å². The number of carbonyl (C=O) groups is 1. The van der Waals surface area contributed by atoms with Gasteiger partial charge in [-0.05, 0) is 29.8 Å². The fourth-order valence-corrected chi connectivity index (χ4v) is 1.52. The van der Waals surface area contributed by atoms with Crippen molar-refractivity contribution in [2.75, 3.05) is 0 Å². The zero-order valence-electron chi connectivity index (χ0n) is 9.39. The molecule has 4 heteroatoms. The van der Waals surface area contributed by atoms with Crippen LogP contribution < -0.4 is 0 Å². The molecule has 88 valence electrons. The fraction of sp³-hybridized carbons (Fsp3) is 0.154. The topological polar surface area (TPSA) is 31.2 Å². The highest BCUT2D eigenvalue weighted by Gasteiger charge is 2.10. The summed E-state index contributed by atoms with van der Waals surface area (Å²) in [5.41, 5.74) is 1.11. The molecule has 1 heterocycles. The number of esters is 1. The van der Waals surface area contributed by atoms with Gasteiger partial charge in [0.05, 0.1) is 0 Å². The summed E-state index contributed by atoms with van der Waals surface area (Å²) in [4.78, 5) is 11.6. The van der Waals surface area contributed by atoms with Crippen LogP contribution in [0.25, 0.3) is 0 Å². The van der Waals surface area contributed by atoms with Crippen LogP contribution >= 0.6 is 0 Å². The number of carbonyl (C=O) groups excluding carboxylic acids is 1. The lowest BCUT2D eigenvalue weighted by atomic mass is 10.2. The Labute approximate surface area is 98.4 Å². The van der Waals surface area contributed by atoms with Crippen LogP contribution in [-0.4, -0.2) is 10.5 Å². The van der Waals surface area contributed by atoms with Gasteiger partial charge in [-0.25, -0.2) is 9.18 Å². The van der Waals surface area contributed by atoms with Crippen LogP contribution in [0.4, 0.5) is 4.39 Å². The Kier molecular flexibility index (Phi) is 3.23. The lowest BCUT2D eigenvalue weighted by molar-refractivity contribution is 0.0461. The lowest BCUT2D eigenvalue weighted by Crippen LogP contribution is -2.09. The van der Waals surface area contributed by atoms with E-state index in [1.807, 2.05) is 0 Å². The van der Waals surface area contributed by atoms with Gasteiger partial charge in [-0.2, -0.15) is 0 Å². The van der Waals surface area contributed by atoms with Gasteiger partial charge in [-0.3, -0.25) is 0 Å². The summed E-state index contributed by atoms with van der Waals surface area (Å²) in [5, 5.41) is 0. The number of hydrogen-bond donors (Lipinski definition) is 0. The maximum absolute atomic E-state index is 12.9. The van der Waals surface area contributed by atoms with Crippen LogP contribution in [0.2, 0.25) is 0 Å². The SMILES string of the molecule is Cn1cccc1C(=O)OCc1cccc(F)c1. The number of rotatable bonds is 3. The van der Waals surface area contributed by atoms with Gasteiger partial charge in [0.1, 0.15) is 18.1 Å². The molecule has 0 aliphatic heterocycles. The molecular weight excluding hydrogens is 221 g/mol. The second-order valence-electron chi connectivity index (χ2n) is 3.71. The van der Waals surface area contributed by atoms with Crippen molar-refractivity contribution < 1.29 is 13.9 Å². The average molecular weight is 233 g/mol. The highest BCUT2D eigenvalue weighted by Crippen LogP contribution is 2.08. The maximum atomic E-state index is 12.9. The average Bonchev–Trinajstić information content (AvgIpc) is 2.72. The van der Waals surface area contributed by atoms with E-state index in [2.05, 4.69) is 0 Å². The highest BCUT2D eigenvalue weighted by atomic mass is 19.1. The summed E-state index contributed by atoms with van der Waals surface area (Å²) in [7, 11) is 1.76. The summed E-state index contributed by atoms with van der Waals surface area (Å²) < 4.78 is 19.6. The molecule has 0 spiro atoms. The normalized spacial score (nSPS) is 10.2. The molecule has 0 amide bonds. The van der Waals surface area contributed by atoms with Gasteiger partial charge < -0.3 is 9.30 Å². The van der Waals surface area contributed by atoms with Crippen molar-refractivity contribution >= 4 is 5.97 Å². The molecule has 2 rings (SSSR count). The van der Waals surface area contributed by atoms with E-state index in [0.29, 0.717) is 11.3 Å². The summed E-state index contributed by atoms with van der Waals surface area (Å²) in [6, 6.07) is 9.43. The van der Waals surface area contributed by atoms with Crippen LogP contribution in [-0.2, 0) is 18.4 Å². The first-order chi connectivity index (χ1) is 8.16. The molecular formula is C13H12FNO2. The predicted octanol–water partition coefficient (Wildman–Crippen LogP) is 2.52. The van der Waals surface area contributed by atoms with Crippen molar-refractivity contribution in [2.45, 2.75) is 6.61 Å². The third-order valence-electron chi connectivity index (χ3n) is 2.41. The first kappa shape index (κ1) is 11.4. The first-order valence-electron chi connectivity index (χ1n) is 5.20. The van der Waals surface area contributed by atoms with Crippen molar-refractivity contribution in [3.63, 3.8) is 0 Å². The van der Waals surface area contributed by atoms with Gasteiger partial charge in [-0.1, -0.05) is 12.1 Å². The van der Waals surface area contributed by atoms with E-state index in [1.54, 1.807) is 42.1 Å². The Morgan fingerprint density at radius 3 is 2.82 bits per heavy atom. The Morgan fingerprint density at radius 2 is 2.18 bits per heavy atom. The monoisotopic (exact) mass is 233 g/mol. The number of halogens is 1. The van der Waals surface area contributed by atoms with Gasteiger partial charge >= 0.3 is 5.97 Å². The second kappa shape index (κ2) is 4.82. The van der Waals surface area contributed by atoms with Crippen molar-refractivity contribution in [1.29, 1.82) is 0 Å². The Balaban J connectivity index is 1.99. The van der Waals surface area contributed by atoms with Crippen molar-refractivity contribution in [3.05, 3.63) is 59.7 Å². The minimum atomic E-state index is -0.415. The zero-order valence-corrected chi connectivity index (χ0v) is 9.39. The summed E-state index contributed by atoms with van der Waals surface area (Å²) >= 11 is 0. The standard InChI is InChI=1S/C13H12FNO2/c1-15-7-3-6-12(15)13(16)17-9-10-4-2-5-11(14)8-10/h2-8H,9H2,1H3. The second-order valence-corrected chi connectivity index (χ2v) is 3.71. The number of hydrogen-bond acceptors (Lipinski definition) is 2. The number of aryl methyl sites for hydroxylation is 1. The molecule has 0 radical (unpaired) electrons. The van der Waals surface area contributed by atoms with Crippen molar-refractivity contribution in [1.82, 2.24) is 4.57 Å². The van der Waals surface area contributed by atoms with E-state index in [4.69, 9.17) is 4.74 Å². The molecule has 0 unspecified atom stereocenters. The van der Waals surface area contributed by atoms with E-state index in [0.717, 1.165) is 0 Å². The van der Waals surface area contributed by atoms with Crippen molar-refractivity contribution in [2.24, 2.45) is 7.05 Å². The van der Waals surface area contributed by atoms with Crippen LogP contribution in [0.5, 0.6) is 0 Å². The molecule has 0 N–H and O–H groups in total. The minimum Gasteiger partial charge on any atom is -0.456 e.